The molecule has 1 aliphatic rings. The van der Waals surface area contributed by atoms with Crippen LogP contribution in [0.15, 0.2) is 6.07 Å². The fraction of sp³-hybridized carbons (Fsp3) is 0.615. The lowest BCUT2D eigenvalue weighted by molar-refractivity contribution is 0.468. The Kier molecular flexibility index (Phi) is 3.32. The molecule has 2 nitrogen and oxygen atoms in total. The van der Waals surface area contributed by atoms with Crippen molar-refractivity contribution in [3.63, 3.8) is 0 Å². The Balaban J connectivity index is 1.78. The summed E-state index contributed by atoms with van der Waals surface area (Å²) in [5.74, 6) is 0. The molecule has 0 amide bonds. The molecule has 1 fully saturated rings. The first-order valence-corrected chi connectivity index (χ1v) is 6.60. The van der Waals surface area contributed by atoms with Crippen LogP contribution in [0.5, 0.6) is 0 Å². The van der Waals surface area contributed by atoms with Gasteiger partial charge in [-0.05, 0) is 43.7 Å². The second kappa shape index (κ2) is 4.57. The summed E-state index contributed by atoms with van der Waals surface area (Å²) in [6.45, 7) is 6.28. The number of nitriles is 1. The van der Waals surface area contributed by atoms with Gasteiger partial charge in [-0.15, -0.1) is 11.3 Å². The minimum absolute atomic E-state index is 0.316. The number of thiophene rings is 1. The molecule has 1 N–H and O–H groups in total. The average molecular weight is 234 g/mol. The topological polar surface area (TPSA) is 35.8 Å². The molecular weight excluding hydrogens is 216 g/mol. The maximum atomic E-state index is 8.72. The zero-order valence-electron chi connectivity index (χ0n) is 9.97. The zero-order valence-corrected chi connectivity index (χ0v) is 10.8. The molecule has 0 spiro atoms. The van der Waals surface area contributed by atoms with E-state index in [0.29, 0.717) is 11.8 Å². The Morgan fingerprint density at radius 1 is 1.50 bits per heavy atom. The van der Waals surface area contributed by atoms with E-state index in [1.165, 1.54) is 28.2 Å². The molecule has 1 heterocycles. The van der Waals surface area contributed by atoms with Crippen LogP contribution in [0.2, 0.25) is 0 Å². The highest BCUT2D eigenvalue weighted by Gasteiger charge is 2.41. The van der Waals surface area contributed by atoms with Crippen molar-refractivity contribution >= 4 is 11.3 Å². The fourth-order valence-corrected chi connectivity index (χ4v) is 2.97. The third-order valence-electron chi connectivity index (χ3n) is 3.43. The second-order valence-electron chi connectivity index (χ2n) is 4.89. The summed E-state index contributed by atoms with van der Waals surface area (Å²) in [6, 6.07) is 4.56. The average Bonchev–Trinajstić information content (AvgIpc) is 2.91. The van der Waals surface area contributed by atoms with Gasteiger partial charge < -0.3 is 5.32 Å². The minimum Gasteiger partial charge on any atom is -0.311 e. The summed E-state index contributed by atoms with van der Waals surface area (Å²) in [6.07, 6.45) is 3.15. The number of rotatable bonds is 5. The molecule has 1 aromatic heterocycles. The van der Waals surface area contributed by atoms with Crippen molar-refractivity contribution in [3.05, 3.63) is 21.4 Å². The monoisotopic (exact) mass is 234 g/mol. The van der Waals surface area contributed by atoms with Gasteiger partial charge in [-0.25, -0.2) is 0 Å². The molecule has 1 saturated carbocycles. The second-order valence-corrected chi connectivity index (χ2v) is 6.23. The molecule has 0 aromatic carbocycles. The molecule has 0 saturated heterocycles. The van der Waals surface area contributed by atoms with Gasteiger partial charge in [0.05, 0.1) is 6.07 Å². The Morgan fingerprint density at radius 3 is 2.75 bits per heavy atom. The first-order valence-electron chi connectivity index (χ1n) is 5.79. The minimum atomic E-state index is 0.316. The third kappa shape index (κ3) is 2.63. The predicted molar refractivity (Wildman–Crippen MR) is 67.4 cm³/mol. The number of nitrogens with zero attached hydrogens (tertiary/aromatic N) is 1. The highest BCUT2D eigenvalue weighted by molar-refractivity contribution is 7.12. The van der Waals surface area contributed by atoms with E-state index in [1.54, 1.807) is 0 Å². The van der Waals surface area contributed by atoms with E-state index in [-0.39, 0.29) is 0 Å². The third-order valence-corrected chi connectivity index (χ3v) is 4.58. The van der Waals surface area contributed by atoms with Crippen molar-refractivity contribution in [2.75, 3.05) is 6.54 Å². The summed E-state index contributed by atoms with van der Waals surface area (Å²) in [5.41, 5.74) is 1.70. The van der Waals surface area contributed by atoms with Crippen LogP contribution in [0.4, 0.5) is 0 Å². The lowest BCUT2D eigenvalue weighted by Crippen LogP contribution is -2.22. The quantitative estimate of drug-likeness (QED) is 0.849. The molecule has 0 atom stereocenters. The summed E-state index contributed by atoms with van der Waals surface area (Å²) >= 11 is 1.87. The number of aryl methyl sites for hydroxylation is 2. The van der Waals surface area contributed by atoms with Gasteiger partial charge in [0.25, 0.3) is 0 Å². The molecule has 86 valence electrons. The smallest absolute Gasteiger partial charge is 0.0628 e. The molecule has 1 aromatic rings. The lowest BCUT2D eigenvalue weighted by Gasteiger charge is -2.11. The first kappa shape index (κ1) is 11.6. The number of hydrogen-bond donors (Lipinski definition) is 1. The molecule has 0 radical (unpaired) electrons. The van der Waals surface area contributed by atoms with Crippen molar-refractivity contribution in [3.8, 4) is 6.07 Å². The normalized spacial score (nSPS) is 17.1. The van der Waals surface area contributed by atoms with Gasteiger partial charge >= 0.3 is 0 Å². The van der Waals surface area contributed by atoms with Gasteiger partial charge in [-0.1, -0.05) is 0 Å². The largest absolute Gasteiger partial charge is 0.311 e. The van der Waals surface area contributed by atoms with Crippen LogP contribution in [-0.4, -0.2) is 6.54 Å². The van der Waals surface area contributed by atoms with E-state index in [4.69, 9.17) is 5.26 Å². The van der Waals surface area contributed by atoms with Crippen LogP contribution >= 0.6 is 11.3 Å². The van der Waals surface area contributed by atoms with Crippen LogP contribution < -0.4 is 5.32 Å². The van der Waals surface area contributed by atoms with Gasteiger partial charge in [0.15, 0.2) is 0 Å². The van der Waals surface area contributed by atoms with E-state index < -0.39 is 0 Å². The van der Waals surface area contributed by atoms with E-state index >= 15 is 0 Å². The summed E-state index contributed by atoms with van der Waals surface area (Å²) < 4.78 is 0. The molecule has 0 aliphatic heterocycles. The van der Waals surface area contributed by atoms with Crippen LogP contribution in [0.25, 0.3) is 0 Å². The van der Waals surface area contributed by atoms with Gasteiger partial charge in [0.1, 0.15) is 0 Å². The maximum Gasteiger partial charge on any atom is 0.0628 e. The van der Waals surface area contributed by atoms with Crippen molar-refractivity contribution < 1.29 is 0 Å². The van der Waals surface area contributed by atoms with E-state index in [0.717, 1.165) is 13.1 Å². The van der Waals surface area contributed by atoms with Gasteiger partial charge in [-0.3, -0.25) is 0 Å². The first-order chi connectivity index (χ1) is 7.65. The zero-order chi connectivity index (χ0) is 11.6. The summed E-state index contributed by atoms with van der Waals surface area (Å²) in [4.78, 5) is 2.82. The fourth-order valence-electron chi connectivity index (χ4n) is 1.95. The van der Waals surface area contributed by atoms with E-state index in [9.17, 15) is 0 Å². The Labute approximate surface area is 101 Å². The highest BCUT2D eigenvalue weighted by atomic mass is 32.1. The molecule has 1 aliphatic carbocycles. The van der Waals surface area contributed by atoms with Crippen LogP contribution in [0, 0.1) is 30.6 Å². The van der Waals surface area contributed by atoms with Gasteiger partial charge in [0, 0.05) is 29.3 Å². The Hall–Kier alpha value is -0.850. The molecule has 0 bridgehead atoms. The molecular formula is C13H18N2S. The van der Waals surface area contributed by atoms with Gasteiger partial charge in [0.2, 0.25) is 0 Å². The Morgan fingerprint density at radius 2 is 2.25 bits per heavy atom. The molecule has 16 heavy (non-hydrogen) atoms. The highest BCUT2D eigenvalue weighted by Crippen LogP contribution is 2.47. The van der Waals surface area contributed by atoms with Gasteiger partial charge in [-0.2, -0.15) is 5.26 Å². The van der Waals surface area contributed by atoms with Crippen molar-refractivity contribution in [1.29, 1.82) is 5.26 Å². The summed E-state index contributed by atoms with van der Waals surface area (Å²) in [5, 5.41) is 12.2. The van der Waals surface area contributed by atoms with Crippen LogP contribution in [0.1, 0.15) is 34.6 Å². The van der Waals surface area contributed by atoms with Crippen molar-refractivity contribution in [1.82, 2.24) is 5.32 Å². The maximum absolute atomic E-state index is 8.72. The SMILES string of the molecule is Cc1cc(CNCC2(CC#N)CC2)sc1C. The number of nitrogens with one attached hydrogen (secondary N) is 1. The molecule has 2 rings (SSSR count). The molecule has 3 heteroatoms. The summed E-state index contributed by atoms with van der Waals surface area (Å²) in [7, 11) is 0. The van der Waals surface area contributed by atoms with Crippen molar-refractivity contribution in [2.24, 2.45) is 5.41 Å². The van der Waals surface area contributed by atoms with E-state index in [2.05, 4.69) is 31.3 Å². The van der Waals surface area contributed by atoms with E-state index in [1.807, 2.05) is 11.3 Å². The standard InChI is InChI=1S/C13H18N2S/c1-10-7-12(16-11(10)2)8-15-9-13(3-4-13)5-6-14/h7,15H,3-5,8-9H2,1-2H3. The lowest BCUT2D eigenvalue weighted by atomic mass is 10.0. The molecule has 0 unspecified atom stereocenters. The van der Waals surface area contributed by atoms with Crippen molar-refractivity contribution in [2.45, 2.75) is 39.7 Å². The van der Waals surface area contributed by atoms with Crippen LogP contribution in [-0.2, 0) is 6.54 Å². The number of hydrogen-bond acceptors (Lipinski definition) is 3. The Bertz CT molecular complexity index is 391. The van der Waals surface area contributed by atoms with Crippen LogP contribution in [0.3, 0.4) is 0 Å². The predicted octanol–water partition coefficient (Wildman–Crippen LogP) is 3.15.